The van der Waals surface area contributed by atoms with Crippen LogP contribution in [0.25, 0.3) is 0 Å². The molecule has 1 aliphatic heterocycles. The normalized spacial score (nSPS) is 13.7. The lowest BCUT2D eigenvalue weighted by Crippen LogP contribution is -2.54. The molecule has 1 heterocycles. The Morgan fingerprint density at radius 1 is 0.850 bits per heavy atom. The van der Waals surface area contributed by atoms with E-state index in [9.17, 15) is 23.6 Å². The largest absolute Gasteiger partial charge is 0.350 e. The van der Waals surface area contributed by atoms with Crippen molar-refractivity contribution in [2.45, 2.75) is 58.2 Å². The van der Waals surface area contributed by atoms with E-state index >= 15 is 0 Å². The summed E-state index contributed by atoms with van der Waals surface area (Å²) in [7, 11) is 0. The third-order valence-corrected chi connectivity index (χ3v) is 6.69. The lowest BCUT2D eigenvalue weighted by atomic mass is 10.00. The number of carbonyl (C=O) groups is 4. The molecular weight excluding hydrogens is 509 g/mol. The van der Waals surface area contributed by atoms with E-state index in [4.69, 9.17) is 0 Å². The summed E-state index contributed by atoms with van der Waals surface area (Å²) in [5.74, 6) is -1.74. The second-order valence-electron chi connectivity index (χ2n) is 11.0. The lowest BCUT2D eigenvalue weighted by Gasteiger charge is -2.34. The molecule has 0 spiro atoms. The van der Waals surface area contributed by atoms with Gasteiger partial charge in [0.15, 0.2) is 0 Å². The summed E-state index contributed by atoms with van der Waals surface area (Å²) in [5.41, 5.74) is 1.76. The van der Waals surface area contributed by atoms with Crippen molar-refractivity contribution in [1.82, 2.24) is 15.1 Å². The highest BCUT2D eigenvalue weighted by atomic mass is 19.1. The van der Waals surface area contributed by atoms with Gasteiger partial charge in [-0.2, -0.15) is 0 Å². The number of imide groups is 1. The number of fused-ring (bicyclic) bond motifs is 1. The zero-order chi connectivity index (χ0) is 28.9. The van der Waals surface area contributed by atoms with Crippen LogP contribution < -0.4 is 5.32 Å². The summed E-state index contributed by atoms with van der Waals surface area (Å²) in [4.78, 5) is 55.5. The van der Waals surface area contributed by atoms with Gasteiger partial charge < -0.3 is 10.2 Å². The van der Waals surface area contributed by atoms with Crippen LogP contribution in [0.2, 0.25) is 0 Å². The molecule has 0 fully saturated rings. The molecule has 0 saturated carbocycles. The third-order valence-electron chi connectivity index (χ3n) is 6.69. The van der Waals surface area contributed by atoms with Gasteiger partial charge in [0.1, 0.15) is 11.9 Å². The number of amides is 4. The van der Waals surface area contributed by atoms with Crippen LogP contribution in [0.5, 0.6) is 0 Å². The average molecular weight is 544 g/mol. The van der Waals surface area contributed by atoms with E-state index in [1.165, 1.54) is 17.0 Å². The molecule has 0 aliphatic carbocycles. The summed E-state index contributed by atoms with van der Waals surface area (Å²) in [6.45, 7) is 5.80. The lowest BCUT2D eigenvalue weighted by molar-refractivity contribution is -0.142. The highest BCUT2D eigenvalue weighted by Crippen LogP contribution is 2.23. The summed E-state index contributed by atoms with van der Waals surface area (Å²) in [5, 5.41) is 3.00. The van der Waals surface area contributed by atoms with Gasteiger partial charge in [-0.05, 0) is 62.6 Å². The predicted molar refractivity (Wildman–Crippen MR) is 150 cm³/mol. The van der Waals surface area contributed by atoms with Crippen molar-refractivity contribution >= 4 is 23.6 Å². The predicted octanol–water partition coefficient (Wildman–Crippen LogP) is 4.76. The minimum atomic E-state index is -0.835. The molecule has 0 aromatic heterocycles. The minimum absolute atomic E-state index is 0.0166. The zero-order valence-corrected chi connectivity index (χ0v) is 23.0. The Hall–Kier alpha value is -4.33. The number of nitrogens with one attached hydrogen (secondary N) is 1. The van der Waals surface area contributed by atoms with Gasteiger partial charge in [-0.1, -0.05) is 54.6 Å². The average Bonchev–Trinajstić information content (AvgIpc) is 3.16. The summed E-state index contributed by atoms with van der Waals surface area (Å²) < 4.78 is 13.6. The van der Waals surface area contributed by atoms with Crippen molar-refractivity contribution in [3.05, 3.63) is 107 Å². The number of halogens is 1. The van der Waals surface area contributed by atoms with E-state index in [1.807, 2.05) is 51.1 Å². The Morgan fingerprint density at radius 2 is 1.43 bits per heavy atom. The number of hydrogen-bond acceptors (Lipinski definition) is 4. The molecule has 208 valence electrons. The highest BCUT2D eigenvalue weighted by molar-refractivity contribution is 6.21. The number of carbonyl (C=O) groups excluding carboxylic acids is 4. The Bertz CT molecular complexity index is 1350. The first-order valence-corrected chi connectivity index (χ1v) is 13.4. The summed E-state index contributed by atoms with van der Waals surface area (Å²) in [6, 6.07) is 21.1. The van der Waals surface area contributed by atoms with Gasteiger partial charge in [0, 0.05) is 31.5 Å². The third kappa shape index (κ3) is 7.00. The van der Waals surface area contributed by atoms with Gasteiger partial charge in [0.2, 0.25) is 11.8 Å². The van der Waals surface area contributed by atoms with Crippen LogP contribution in [0.15, 0.2) is 78.9 Å². The minimum Gasteiger partial charge on any atom is -0.350 e. The smallest absolute Gasteiger partial charge is 0.261 e. The van der Waals surface area contributed by atoms with Gasteiger partial charge in [-0.3, -0.25) is 24.1 Å². The topological polar surface area (TPSA) is 86.8 Å². The molecule has 0 bridgehead atoms. The molecule has 4 amide bonds. The molecule has 0 saturated heterocycles. The van der Waals surface area contributed by atoms with E-state index in [0.717, 1.165) is 10.5 Å². The van der Waals surface area contributed by atoms with Crippen molar-refractivity contribution in [3.8, 4) is 0 Å². The highest BCUT2D eigenvalue weighted by Gasteiger charge is 2.36. The maximum absolute atomic E-state index is 13.8. The monoisotopic (exact) mass is 543 g/mol. The number of rotatable bonds is 10. The van der Waals surface area contributed by atoms with E-state index in [1.54, 1.807) is 36.4 Å². The van der Waals surface area contributed by atoms with Gasteiger partial charge in [-0.25, -0.2) is 4.39 Å². The second kappa shape index (κ2) is 12.2. The van der Waals surface area contributed by atoms with Gasteiger partial charge >= 0.3 is 0 Å². The van der Waals surface area contributed by atoms with Crippen molar-refractivity contribution in [2.24, 2.45) is 0 Å². The molecule has 1 N–H and O–H groups in total. The van der Waals surface area contributed by atoms with E-state index in [-0.39, 0.29) is 56.0 Å². The molecule has 0 radical (unpaired) electrons. The van der Waals surface area contributed by atoms with Crippen molar-refractivity contribution in [3.63, 3.8) is 0 Å². The summed E-state index contributed by atoms with van der Waals surface area (Å²) in [6.07, 6.45) is 0.542. The van der Waals surface area contributed by atoms with E-state index < -0.39 is 17.4 Å². The van der Waals surface area contributed by atoms with Crippen LogP contribution >= 0.6 is 0 Å². The van der Waals surface area contributed by atoms with E-state index in [0.29, 0.717) is 16.7 Å². The van der Waals surface area contributed by atoms with Crippen LogP contribution in [0.4, 0.5) is 4.39 Å². The van der Waals surface area contributed by atoms with Crippen LogP contribution in [-0.2, 0) is 22.6 Å². The summed E-state index contributed by atoms with van der Waals surface area (Å²) >= 11 is 0. The number of nitrogens with zero attached hydrogens (tertiary/aromatic N) is 2. The Labute approximate surface area is 234 Å². The first-order chi connectivity index (χ1) is 19.0. The van der Waals surface area contributed by atoms with Crippen LogP contribution in [-0.4, -0.2) is 51.6 Å². The fraction of sp³-hybridized carbons (Fsp3) is 0.312. The van der Waals surface area contributed by atoms with Crippen LogP contribution in [0, 0.1) is 5.82 Å². The molecular formula is C32H34FN3O4. The van der Waals surface area contributed by atoms with E-state index in [2.05, 4.69) is 5.32 Å². The van der Waals surface area contributed by atoms with Gasteiger partial charge in [-0.15, -0.1) is 0 Å². The van der Waals surface area contributed by atoms with Crippen molar-refractivity contribution < 1.29 is 23.6 Å². The fourth-order valence-electron chi connectivity index (χ4n) is 4.77. The van der Waals surface area contributed by atoms with Crippen molar-refractivity contribution in [2.75, 3.05) is 6.54 Å². The maximum Gasteiger partial charge on any atom is 0.261 e. The standard InChI is InChI=1S/C32H34FN3O4/c1-32(2,3)34-29(38)27(20-22-10-5-4-6-11-22)36(21-23-15-17-24(33)18-16-23)28(37)14-9-19-35-30(39)25-12-7-8-13-26(25)31(35)40/h4-8,10-13,15-18,27H,9,14,19-21H2,1-3H3,(H,34,38). The van der Waals surface area contributed by atoms with Gasteiger partial charge in [0.05, 0.1) is 11.1 Å². The first kappa shape index (κ1) is 28.7. The van der Waals surface area contributed by atoms with Gasteiger partial charge in [0.25, 0.3) is 11.8 Å². The SMILES string of the molecule is CC(C)(C)NC(=O)C(Cc1ccccc1)N(Cc1ccc(F)cc1)C(=O)CCCN1C(=O)c2ccccc2C1=O. The molecule has 3 aromatic rings. The fourth-order valence-corrected chi connectivity index (χ4v) is 4.77. The maximum atomic E-state index is 13.8. The quantitative estimate of drug-likeness (QED) is 0.374. The number of hydrogen-bond donors (Lipinski definition) is 1. The molecule has 3 aromatic carbocycles. The molecule has 8 heteroatoms. The molecule has 1 atom stereocenters. The first-order valence-electron chi connectivity index (χ1n) is 13.4. The second-order valence-corrected chi connectivity index (χ2v) is 11.0. The Morgan fingerprint density at radius 3 is 2.00 bits per heavy atom. The van der Waals surface area contributed by atoms with Crippen LogP contribution in [0.3, 0.4) is 0 Å². The number of benzene rings is 3. The molecule has 40 heavy (non-hydrogen) atoms. The Kier molecular flexibility index (Phi) is 8.77. The van der Waals surface area contributed by atoms with Crippen molar-refractivity contribution in [1.29, 1.82) is 0 Å². The molecule has 7 nitrogen and oxygen atoms in total. The molecule has 1 aliphatic rings. The molecule has 4 rings (SSSR count). The van der Waals surface area contributed by atoms with Crippen LogP contribution in [0.1, 0.15) is 65.5 Å². The zero-order valence-electron chi connectivity index (χ0n) is 23.0. The Balaban J connectivity index is 1.55. The molecule has 1 unspecified atom stereocenters.